The fourth-order valence-electron chi connectivity index (χ4n) is 12.8. The van der Waals surface area contributed by atoms with Gasteiger partial charge in [0, 0.05) is 56.3 Å². The first-order valence-electron chi connectivity index (χ1n) is 26.4. The van der Waals surface area contributed by atoms with Crippen molar-refractivity contribution in [2.75, 3.05) is 105 Å². The Balaban J connectivity index is 1.38. The van der Waals surface area contributed by atoms with Crippen LogP contribution in [0.1, 0.15) is 143 Å². The molecule has 0 aromatic rings. The minimum absolute atomic E-state index is 0.00413. The number of hydrogen-bond acceptors (Lipinski definition) is 11. The number of azide groups is 1. The lowest BCUT2D eigenvalue weighted by Gasteiger charge is -2.65. The van der Waals surface area contributed by atoms with Gasteiger partial charge in [0.05, 0.1) is 58.0 Å². The lowest BCUT2D eigenvalue weighted by Crippen LogP contribution is -2.63. The molecule has 7 N–H and O–H groups in total. The second-order valence-corrected chi connectivity index (χ2v) is 20.4. The summed E-state index contributed by atoms with van der Waals surface area (Å²) in [6.07, 6.45) is 20.7. The van der Waals surface area contributed by atoms with Crippen LogP contribution in [0.15, 0.2) is 5.11 Å². The smallest absolute Gasteiger partial charge is 0.317 e. The lowest BCUT2D eigenvalue weighted by atomic mass is 9.43. The van der Waals surface area contributed by atoms with Crippen molar-refractivity contribution in [2.24, 2.45) is 68.7 Å². The van der Waals surface area contributed by atoms with E-state index in [1.807, 2.05) is 0 Å². The summed E-state index contributed by atoms with van der Waals surface area (Å²) in [4.78, 5) is 18.4. The number of fused-ring (bicyclic) bond motifs is 5. The molecule has 0 saturated heterocycles. The SMILES string of the molecule is CCCCCCCCN(CCC[C@@H](C)[C@H]1CC[C@H]2C3[C@H](OCCCN)CC4C[C@H](OCCCN)CCC4(C)[C@H]3C[C@H](OCCCN)C12C)C(=O)NCCOCCOCCOCCN=[N+]=[N-]. The van der Waals surface area contributed by atoms with Crippen molar-refractivity contribution in [1.82, 2.24) is 10.2 Å². The molecule has 4 fully saturated rings. The molecule has 11 atom stereocenters. The lowest BCUT2D eigenvalue weighted by molar-refractivity contribution is -0.227. The van der Waals surface area contributed by atoms with Gasteiger partial charge in [0.1, 0.15) is 0 Å². The van der Waals surface area contributed by atoms with Gasteiger partial charge in [-0.1, -0.05) is 64.9 Å². The predicted molar refractivity (Wildman–Crippen MR) is 259 cm³/mol. The first-order valence-corrected chi connectivity index (χ1v) is 26.4. The summed E-state index contributed by atoms with van der Waals surface area (Å²) in [5.41, 5.74) is 26.5. The highest BCUT2D eigenvalue weighted by molar-refractivity contribution is 5.74. The summed E-state index contributed by atoms with van der Waals surface area (Å²) in [6.45, 7) is 19.0. The molecule has 0 heterocycles. The van der Waals surface area contributed by atoms with E-state index in [2.05, 4.69) is 47.9 Å². The highest BCUT2D eigenvalue weighted by atomic mass is 16.5. The number of nitrogens with one attached hydrogen (secondary N) is 1. The number of urea groups is 1. The number of nitrogens with two attached hydrogens (primary N) is 3. The van der Waals surface area contributed by atoms with E-state index in [0.29, 0.717) is 121 Å². The van der Waals surface area contributed by atoms with Crippen LogP contribution in [0.25, 0.3) is 10.4 Å². The maximum Gasteiger partial charge on any atom is 0.317 e. The summed E-state index contributed by atoms with van der Waals surface area (Å²) in [7, 11) is 0. The average molecular weight is 921 g/mol. The van der Waals surface area contributed by atoms with E-state index >= 15 is 0 Å². The maximum atomic E-state index is 13.7. The van der Waals surface area contributed by atoms with Crippen LogP contribution in [0.5, 0.6) is 0 Å². The first kappa shape index (κ1) is 55.8. The minimum atomic E-state index is 0.00413. The average Bonchev–Trinajstić information content (AvgIpc) is 3.66. The quantitative estimate of drug-likeness (QED) is 0.0205. The van der Waals surface area contributed by atoms with Crippen molar-refractivity contribution >= 4 is 6.03 Å². The van der Waals surface area contributed by atoms with Gasteiger partial charge >= 0.3 is 6.03 Å². The number of ether oxygens (including phenoxy) is 6. The summed E-state index contributed by atoms with van der Waals surface area (Å²) in [6, 6.07) is 0.00413. The number of hydrogen-bond donors (Lipinski definition) is 4. The van der Waals surface area contributed by atoms with Gasteiger partial charge in [-0.3, -0.25) is 0 Å². The molecule has 0 aromatic heterocycles. The molecule has 4 aliphatic carbocycles. The molecule has 4 aliphatic rings. The molecule has 4 rings (SSSR count). The van der Waals surface area contributed by atoms with E-state index in [1.165, 1.54) is 44.9 Å². The second-order valence-electron chi connectivity index (χ2n) is 20.4. The Hall–Kier alpha value is -1.78. The van der Waals surface area contributed by atoms with Crippen molar-refractivity contribution in [3.8, 4) is 0 Å². The van der Waals surface area contributed by atoms with E-state index in [1.54, 1.807) is 0 Å². The van der Waals surface area contributed by atoms with Gasteiger partial charge in [0.15, 0.2) is 0 Å². The minimum Gasteiger partial charge on any atom is -0.379 e. The molecule has 378 valence electrons. The Morgan fingerprint density at radius 2 is 1.40 bits per heavy atom. The standard InChI is InChI=1S/C50H96N8O7/c1-5-6-7-8-9-10-25-58(48(59)55-23-30-60-32-34-62-35-33-61-31-24-56-57-54)26-11-15-39(2)42-16-17-43-47-44(38-46(50(42,43)4)65-29-14-22-53)49(3)19-18-41(63-27-12-20-51)36-40(49)37-45(47)64-28-13-21-52/h39-47H,5-38,51-53H2,1-4H3,(H,55,59)/t39-,40?,41-,42-,43+,44+,45-,46+,47?,49?,50?/m1/s1. The Bertz CT molecular complexity index is 1330. The van der Waals surface area contributed by atoms with Crippen molar-refractivity contribution in [3.63, 3.8) is 0 Å². The number of amides is 2. The first-order chi connectivity index (χ1) is 31.7. The van der Waals surface area contributed by atoms with Gasteiger partial charge in [0.2, 0.25) is 0 Å². The van der Waals surface area contributed by atoms with Gasteiger partial charge < -0.3 is 55.8 Å². The number of unbranched alkanes of at least 4 members (excludes halogenated alkanes) is 5. The van der Waals surface area contributed by atoms with Crippen molar-refractivity contribution in [1.29, 1.82) is 0 Å². The zero-order valence-electron chi connectivity index (χ0n) is 41.6. The van der Waals surface area contributed by atoms with Crippen molar-refractivity contribution in [2.45, 2.75) is 162 Å². The van der Waals surface area contributed by atoms with Crippen LogP contribution in [0.3, 0.4) is 0 Å². The zero-order valence-corrected chi connectivity index (χ0v) is 41.6. The maximum absolute atomic E-state index is 13.7. The third-order valence-electron chi connectivity index (χ3n) is 16.3. The van der Waals surface area contributed by atoms with Crippen LogP contribution >= 0.6 is 0 Å². The van der Waals surface area contributed by atoms with Crippen LogP contribution in [-0.4, -0.2) is 135 Å². The molecule has 65 heavy (non-hydrogen) atoms. The highest BCUT2D eigenvalue weighted by Crippen LogP contribution is 2.69. The van der Waals surface area contributed by atoms with Gasteiger partial charge in [-0.15, -0.1) is 0 Å². The fourth-order valence-corrected chi connectivity index (χ4v) is 12.8. The number of rotatable bonds is 36. The third kappa shape index (κ3) is 17.0. The summed E-state index contributed by atoms with van der Waals surface area (Å²) < 4.78 is 37.2. The molecule has 0 bridgehead atoms. The topological polar surface area (TPSA) is 215 Å². The normalized spacial score (nSPS) is 30.0. The van der Waals surface area contributed by atoms with E-state index < -0.39 is 0 Å². The molecule has 0 aromatic carbocycles. The number of nitrogens with zero attached hydrogens (tertiary/aromatic N) is 4. The third-order valence-corrected chi connectivity index (χ3v) is 16.3. The van der Waals surface area contributed by atoms with Crippen LogP contribution in [0.4, 0.5) is 4.79 Å². The van der Waals surface area contributed by atoms with E-state index in [-0.39, 0.29) is 29.1 Å². The van der Waals surface area contributed by atoms with Crippen LogP contribution < -0.4 is 22.5 Å². The van der Waals surface area contributed by atoms with E-state index in [0.717, 1.165) is 96.9 Å². The molecule has 0 aliphatic heterocycles. The van der Waals surface area contributed by atoms with Gasteiger partial charge in [-0.25, -0.2) is 4.79 Å². The van der Waals surface area contributed by atoms with Crippen LogP contribution in [0, 0.1) is 46.3 Å². The Kier molecular flexibility index (Phi) is 26.9. The Morgan fingerprint density at radius 3 is 2.11 bits per heavy atom. The van der Waals surface area contributed by atoms with Crippen molar-refractivity contribution < 1.29 is 33.2 Å². The highest BCUT2D eigenvalue weighted by Gasteiger charge is 2.66. The predicted octanol–water partition coefficient (Wildman–Crippen LogP) is 8.22. The fraction of sp³-hybridized carbons (Fsp3) is 0.980. The van der Waals surface area contributed by atoms with Gasteiger partial charge in [-0.2, -0.15) is 0 Å². The summed E-state index contributed by atoms with van der Waals surface area (Å²) >= 11 is 0. The second kappa shape index (κ2) is 31.4. The molecule has 4 unspecified atom stereocenters. The molecular weight excluding hydrogens is 825 g/mol. The van der Waals surface area contributed by atoms with E-state index in [4.69, 9.17) is 51.2 Å². The van der Waals surface area contributed by atoms with Crippen LogP contribution in [-0.2, 0) is 28.4 Å². The molecule has 2 amide bonds. The number of carbonyl (C=O) groups is 1. The zero-order chi connectivity index (χ0) is 46.8. The Labute approximate surface area is 394 Å². The van der Waals surface area contributed by atoms with Gasteiger partial charge in [-0.05, 0) is 150 Å². The largest absolute Gasteiger partial charge is 0.379 e. The van der Waals surface area contributed by atoms with Crippen molar-refractivity contribution in [3.05, 3.63) is 10.4 Å². The van der Waals surface area contributed by atoms with Crippen LogP contribution in [0.2, 0.25) is 0 Å². The summed E-state index contributed by atoms with van der Waals surface area (Å²) in [5.74, 6) is 3.20. The summed E-state index contributed by atoms with van der Waals surface area (Å²) in [5, 5.41) is 6.59. The molecule has 15 heteroatoms. The molecule has 15 nitrogen and oxygen atoms in total. The monoisotopic (exact) mass is 921 g/mol. The van der Waals surface area contributed by atoms with Gasteiger partial charge in [0.25, 0.3) is 0 Å². The molecule has 0 spiro atoms. The molecule has 4 saturated carbocycles. The molecule has 0 radical (unpaired) electrons. The van der Waals surface area contributed by atoms with E-state index in [9.17, 15) is 4.79 Å². The molecular formula is C50H96N8O7. The number of carbonyl (C=O) groups excluding carboxylic acids is 1. The Morgan fingerprint density at radius 1 is 0.754 bits per heavy atom.